The normalized spacial score (nSPS) is 15.3. The molecule has 0 radical (unpaired) electrons. The molecular weight excluding hydrogens is 268 g/mol. The molecule has 0 aliphatic carbocycles. The number of morpholine rings is 1. The molecule has 0 aromatic carbocycles. The molecule has 1 aliphatic heterocycles. The molecule has 0 spiro atoms. The number of carboxylic acid groups (broad SMARTS) is 1. The lowest BCUT2D eigenvalue weighted by Crippen LogP contribution is -2.41. The molecule has 2 heterocycles. The fourth-order valence-corrected chi connectivity index (χ4v) is 2.46. The molecule has 1 fully saturated rings. The van der Waals surface area contributed by atoms with E-state index in [1.54, 1.807) is 4.90 Å². The van der Waals surface area contributed by atoms with Gasteiger partial charge in [-0.25, -0.2) is 9.78 Å². The summed E-state index contributed by atoms with van der Waals surface area (Å²) in [7, 11) is 0. The summed E-state index contributed by atoms with van der Waals surface area (Å²) in [4.78, 5) is 28.5. The fraction of sp³-hybridized carbons (Fsp3) is 0.417. The summed E-state index contributed by atoms with van der Waals surface area (Å²) in [5.74, 6) is -0.713. The van der Waals surface area contributed by atoms with Gasteiger partial charge in [0.2, 0.25) is 5.91 Å². The van der Waals surface area contributed by atoms with Crippen LogP contribution in [0.25, 0.3) is 0 Å². The van der Waals surface area contributed by atoms with Crippen molar-refractivity contribution in [2.24, 2.45) is 0 Å². The fourth-order valence-electron chi connectivity index (χ4n) is 1.66. The smallest absolute Gasteiger partial charge is 0.335 e. The largest absolute Gasteiger partial charge is 0.478 e. The zero-order chi connectivity index (χ0) is 13.7. The van der Waals surface area contributed by atoms with Crippen LogP contribution in [-0.2, 0) is 9.53 Å². The number of carbonyl (C=O) groups excluding carboxylic acids is 1. The lowest BCUT2D eigenvalue weighted by Gasteiger charge is -2.26. The number of aromatic carboxylic acids is 1. The van der Waals surface area contributed by atoms with Crippen molar-refractivity contribution in [2.75, 3.05) is 32.1 Å². The van der Waals surface area contributed by atoms with Crippen LogP contribution >= 0.6 is 11.8 Å². The van der Waals surface area contributed by atoms with Crippen LogP contribution < -0.4 is 0 Å². The first-order chi connectivity index (χ1) is 9.16. The third-order valence-electron chi connectivity index (χ3n) is 2.69. The van der Waals surface area contributed by atoms with Crippen molar-refractivity contribution in [3.05, 3.63) is 23.9 Å². The van der Waals surface area contributed by atoms with Crippen molar-refractivity contribution in [3.8, 4) is 0 Å². The third-order valence-corrected chi connectivity index (χ3v) is 3.60. The van der Waals surface area contributed by atoms with E-state index in [0.29, 0.717) is 31.3 Å². The molecule has 1 saturated heterocycles. The van der Waals surface area contributed by atoms with Crippen molar-refractivity contribution in [1.29, 1.82) is 0 Å². The Morgan fingerprint density at radius 1 is 1.42 bits per heavy atom. The minimum atomic E-state index is -0.997. The molecule has 0 saturated carbocycles. The minimum absolute atomic E-state index is 0.0239. The second-order valence-corrected chi connectivity index (χ2v) is 4.97. The average Bonchev–Trinajstić information content (AvgIpc) is 2.46. The van der Waals surface area contributed by atoms with Crippen molar-refractivity contribution in [3.63, 3.8) is 0 Å². The first-order valence-electron chi connectivity index (χ1n) is 5.84. The number of hydrogen-bond acceptors (Lipinski definition) is 5. The van der Waals surface area contributed by atoms with Crippen LogP contribution in [0.3, 0.4) is 0 Å². The molecule has 19 heavy (non-hydrogen) atoms. The van der Waals surface area contributed by atoms with Gasteiger partial charge in [-0.3, -0.25) is 4.79 Å². The van der Waals surface area contributed by atoms with E-state index in [-0.39, 0.29) is 17.2 Å². The first kappa shape index (κ1) is 13.8. The molecule has 0 bridgehead atoms. The molecule has 102 valence electrons. The van der Waals surface area contributed by atoms with Crippen LogP contribution in [0.4, 0.5) is 0 Å². The van der Waals surface area contributed by atoms with E-state index in [0.717, 1.165) is 0 Å². The predicted octanol–water partition coefficient (Wildman–Crippen LogP) is 0.731. The summed E-state index contributed by atoms with van der Waals surface area (Å²) >= 11 is 1.25. The number of ether oxygens (including phenoxy) is 1. The van der Waals surface area contributed by atoms with E-state index < -0.39 is 5.97 Å². The number of nitrogens with zero attached hydrogens (tertiary/aromatic N) is 2. The highest BCUT2D eigenvalue weighted by Gasteiger charge is 2.17. The molecule has 0 unspecified atom stereocenters. The van der Waals surface area contributed by atoms with Gasteiger partial charge in [-0.15, -0.1) is 0 Å². The maximum absolute atomic E-state index is 11.9. The number of thioether (sulfide) groups is 1. The molecule has 2 rings (SSSR count). The maximum Gasteiger partial charge on any atom is 0.335 e. The summed E-state index contributed by atoms with van der Waals surface area (Å²) in [5, 5.41) is 9.41. The Bertz CT molecular complexity index is 475. The Morgan fingerprint density at radius 3 is 2.84 bits per heavy atom. The SMILES string of the molecule is O=C(O)c1ccnc(SCC(=O)N2CCOCC2)c1. The van der Waals surface area contributed by atoms with Crippen LogP contribution in [-0.4, -0.2) is 58.9 Å². The summed E-state index contributed by atoms with van der Waals surface area (Å²) < 4.78 is 5.18. The quantitative estimate of drug-likeness (QED) is 0.820. The summed E-state index contributed by atoms with van der Waals surface area (Å²) in [6, 6.07) is 2.90. The van der Waals surface area contributed by atoms with Crippen molar-refractivity contribution in [1.82, 2.24) is 9.88 Å². The Hall–Kier alpha value is -1.60. The standard InChI is InChI=1S/C12H14N2O4S/c15-11(14-3-5-18-6-4-14)8-19-10-7-9(12(16)17)1-2-13-10/h1-2,7H,3-6,8H2,(H,16,17). The van der Waals surface area contributed by atoms with Gasteiger partial charge in [0.1, 0.15) is 0 Å². The lowest BCUT2D eigenvalue weighted by molar-refractivity contribution is -0.132. The molecule has 0 atom stereocenters. The van der Waals surface area contributed by atoms with Gasteiger partial charge in [0.05, 0.1) is 29.6 Å². The predicted molar refractivity (Wildman–Crippen MR) is 69.3 cm³/mol. The van der Waals surface area contributed by atoms with E-state index in [2.05, 4.69) is 4.98 Å². The summed E-state index contributed by atoms with van der Waals surface area (Å²) in [6.45, 7) is 2.37. The van der Waals surface area contributed by atoms with Gasteiger partial charge in [-0.05, 0) is 12.1 Å². The van der Waals surface area contributed by atoms with Crippen molar-refractivity contribution >= 4 is 23.6 Å². The van der Waals surface area contributed by atoms with Crippen LogP contribution in [0.2, 0.25) is 0 Å². The molecule has 1 aromatic rings. The maximum atomic E-state index is 11.9. The lowest BCUT2D eigenvalue weighted by atomic mass is 10.3. The Labute approximate surface area is 114 Å². The van der Waals surface area contributed by atoms with E-state index in [4.69, 9.17) is 9.84 Å². The van der Waals surface area contributed by atoms with Crippen LogP contribution in [0.1, 0.15) is 10.4 Å². The van der Waals surface area contributed by atoms with Gasteiger partial charge < -0.3 is 14.7 Å². The van der Waals surface area contributed by atoms with Gasteiger partial charge in [0.25, 0.3) is 0 Å². The van der Waals surface area contributed by atoms with Gasteiger partial charge in [0, 0.05) is 19.3 Å². The minimum Gasteiger partial charge on any atom is -0.478 e. The van der Waals surface area contributed by atoms with Crippen molar-refractivity contribution in [2.45, 2.75) is 5.03 Å². The molecule has 1 aliphatic rings. The third kappa shape index (κ3) is 3.93. The molecule has 6 nitrogen and oxygen atoms in total. The number of carbonyl (C=O) groups is 2. The van der Waals surface area contributed by atoms with E-state index in [9.17, 15) is 9.59 Å². The molecule has 7 heteroatoms. The van der Waals surface area contributed by atoms with Gasteiger partial charge in [-0.2, -0.15) is 0 Å². The van der Waals surface area contributed by atoms with Crippen LogP contribution in [0, 0.1) is 0 Å². The van der Waals surface area contributed by atoms with E-state index >= 15 is 0 Å². The highest BCUT2D eigenvalue weighted by atomic mass is 32.2. The first-order valence-corrected chi connectivity index (χ1v) is 6.83. The zero-order valence-corrected chi connectivity index (χ0v) is 11.1. The number of aromatic nitrogens is 1. The summed E-state index contributed by atoms with van der Waals surface area (Å²) in [5.41, 5.74) is 0.177. The van der Waals surface area contributed by atoms with Crippen molar-refractivity contribution < 1.29 is 19.4 Å². The molecule has 1 N–H and O–H groups in total. The van der Waals surface area contributed by atoms with Gasteiger partial charge in [0.15, 0.2) is 0 Å². The zero-order valence-electron chi connectivity index (χ0n) is 10.2. The molecule has 1 amide bonds. The Morgan fingerprint density at radius 2 is 2.16 bits per heavy atom. The monoisotopic (exact) mass is 282 g/mol. The number of hydrogen-bond donors (Lipinski definition) is 1. The Balaban J connectivity index is 1.89. The second kappa shape index (κ2) is 6.53. The highest BCUT2D eigenvalue weighted by Crippen LogP contribution is 2.17. The molecular formula is C12H14N2O4S. The van der Waals surface area contributed by atoms with Crippen LogP contribution in [0.15, 0.2) is 23.4 Å². The van der Waals surface area contributed by atoms with Gasteiger partial charge >= 0.3 is 5.97 Å². The molecule has 1 aromatic heterocycles. The summed E-state index contributed by atoms with van der Waals surface area (Å²) in [6.07, 6.45) is 1.44. The topological polar surface area (TPSA) is 79.7 Å². The number of amides is 1. The number of rotatable bonds is 4. The Kier molecular flexibility index (Phi) is 4.75. The van der Waals surface area contributed by atoms with Gasteiger partial charge in [-0.1, -0.05) is 11.8 Å². The highest BCUT2D eigenvalue weighted by molar-refractivity contribution is 7.99. The number of carboxylic acids is 1. The number of pyridine rings is 1. The van der Waals surface area contributed by atoms with E-state index in [1.807, 2.05) is 0 Å². The van der Waals surface area contributed by atoms with Crippen LogP contribution in [0.5, 0.6) is 0 Å². The van der Waals surface area contributed by atoms with E-state index in [1.165, 1.54) is 30.1 Å². The average molecular weight is 282 g/mol. The second-order valence-electron chi connectivity index (χ2n) is 3.97.